The van der Waals surface area contributed by atoms with Gasteiger partial charge in [-0.1, -0.05) is 39.7 Å². The highest BCUT2D eigenvalue weighted by Gasteiger charge is 2.15. The van der Waals surface area contributed by atoms with Crippen molar-refractivity contribution in [3.63, 3.8) is 0 Å². The highest BCUT2D eigenvalue weighted by atomic mass is 79.9. The predicted molar refractivity (Wildman–Crippen MR) is 90.8 cm³/mol. The number of rotatable bonds is 5. The zero-order valence-corrected chi connectivity index (χ0v) is 14.7. The zero-order valence-electron chi connectivity index (χ0n) is 10.8. The molecule has 0 spiro atoms. The van der Waals surface area contributed by atoms with E-state index in [2.05, 4.69) is 20.7 Å². The number of nitrogens with one attached hydrogen (secondary N) is 1. The molecule has 0 radical (unpaired) electrons. The molecule has 0 aromatic heterocycles. The Morgan fingerprint density at radius 1 is 1.10 bits per heavy atom. The summed E-state index contributed by atoms with van der Waals surface area (Å²) in [4.78, 5) is 0.180. The fourth-order valence-electron chi connectivity index (χ4n) is 1.72. The number of alkyl halides is 1. The molecule has 0 aliphatic rings. The van der Waals surface area contributed by atoms with Gasteiger partial charge in [0.25, 0.3) is 10.0 Å². The van der Waals surface area contributed by atoms with E-state index < -0.39 is 10.0 Å². The molecule has 0 heterocycles. The van der Waals surface area contributed by atoms with Crippen LogP contribution < -0.4 is 4.72 Å². The van der Waals surface area contributed by atoms with Crippen molar-refractivity contribution in [1.82, 2.24) is 0 Å². The summed E-state index contributed by atoms with van der Waals surface area (Å²) >= 11 is 14.9. The SMILES string of the molecule is O=S(=O)(Nc1ccc(Br)cc1Cl)c1ccc(CCCl)cc1. The molecule has 0 fully saturated rings. The number of aryl methyl sites for hydroxylation is 1. The van der Waals surface area contributed by atoms with Crippen molar-refractivity contribution in [2.75, 3.05) is 10.6 Å². The summed E-state index contributed by atoms with van der Waals surface area (Å²) in [5.74, 6) is 0.499. The number of halogens is 3. The maximum absolute atomic E-state index is 12.3. The Labute approximate surface area is 142 Å². The smallest absolute Gasteiger partial charge is 0.261 e. The third-order valence-corrected chi connectivity index (χ3v) is 5.17. The largest absolute Gasteiger partial charge is 0.278 e. The molecule has 2 aromatic carbocycles. The summed E-state index contributed by atoms with van der Waals surface area (Å²) in [6.45, 7) is 0. The Balaban J connectivity index is 2.25. The lowest BCUT2D eigenvalue weighted by Crippen LogP contribution is -2.13. The molecule has 0 unspecified atom stereocenters. The van der Waals surface area contributed by atoms with Crippen molar-refractivity contribution < 1.29 is 8.42 Å². The molecule has 0 aliphatic heterocycles. The van der Waals surface area contributed by atoms with E-state index in [0.717, 1.165) is 10.0 Å². The van der Waals surface area contributed by atoms with Crippen molar-refractivity contribution in [3.05, 3.63) is 57.5 Å². The topological polar surface area (TPSA) is 46.2 Å². The van der Waals surface area contributed by atoms with Gasteiger partial charge in [-0.05, 0) is 42.3 Å². The fraction of sp³-hybridized carbons (Fsp3) is 0.143. The van der Waals surface area contributed by atoms with Crippen LogP contribution in [-0.2, 0) is 16.4 Å². The van der Waals surface area contributed by atoms with E-state index in [1.807, 2.05) is 0 Å². The van der Waals surface area contributed by atoms with Gasteiger partial charge in [0.1, 0.15) is 0 Å². The molecule has 2 aromatic rings. The van der Waals surface area contributed by atoms with Crippen LogP contribution in [0.5, 0.6) is 0 Å². The Morgan fingerprint density at radius 3 is 2.33 bits per heavy atom. The van der Waals surface area contributed by atoms with Crippen LogP contribution in [0.2, 0.25) is 5.02 Å². The number of hydrogen-bond acceptors (Lipinski definition) is 2. The fourth-order valence-corrected chi connectivity index (χ4v) is 3.79. The van der Waals surface area contributed by atoms with Gasteiger partial charge >= 0.3 is 0 Å². The van der Waals surface area contributed by atoms with Crippen LogP contribution in [0.4, 0.5) is 5.69 Å². The normalized spacial score (nSPS) is 11.4. The average Bonchev–Trinajstić information content (AvgIpc) is 2.43. The lowest BCUT2D eigenvalue weighted by Gasteiger charge is -2.10. The molecule has 21 heavy (non-hydrogen) atoms. The van der Waals surface area contributed by atoms with Crippen LogP contribution in [0, 0.1) is 0 Å². The molecule has 0 saturated carbocycles. The van der Waals surface area contributed by atoms with Gasteiger partial charge in [-0.15, -0.1) is 11.6 Å². The Kier molecular flexibility index (Phi) is 5.54. The van der Waals surface area contributed by atoms with E-state index in [0.29, 0.717) is 23.0 Å². The van der Waals surface area contributed by atoms with Gasteiger partial charge in [-0.25, -0.2) is 8.42 Å². The Bertz CT molecular complexity index is 733. The van der Waals surface area contributed by atoms with E-state index in [1.165, 1.54) is 0 Å². The van der Waals surface area contributed by atoms with Gasteiger partial charge in [0.2, 0.25) is 0 Å². The molecule has 3 nitrogen and oxygen atoms in total. The monoisotopic (exact) mass is 407 g/mol. The molecule has 1 N–H and O–H groups in total. The first-order chi connectivity index (χ1) is 9.92. The summed E-state index contributed by atoms with van der Waals surface area (Å²) in [7, 11) is -3.66. The van der Waals surface area contributed by atoms with Crippen LogP contribution in [0.15, 0.2) is 51.8 Å². The summed E-state index contributed by atoms with van der Waals surface area (Å²) in [6.07, 6.45) is 0.702. The van der Waals surface area contributed by atoms with E-state index in [9.17, 15) is 8.42 Å². The quantitative estimate of drug-likeness (QED) is 0.729. The lowest BCUT2D eigenvalue weighted by atomic mass is 10.2. The molecule has 0 amide bonds. The second-order valence-corrected chi connectivity index (χ2v) is 7.70. The van der Waals surface area contributed by atoms with Crippen LogP contribution in [0.1, 0.15) is 5.56 Å². The summed E-state index contributed by atoms with van der Waals surface area (Å²) in [5, 5.41) is 0.326. The van der Waals surface area contributed by atoms with Crippen molar-refractivity contribution in [3.8, 4) is 0 Å². The molecule has 2 rings (SSSR count). The minimum Gasteiger partial charge on any atom is -0.278 e. The average molecular weight is 409 g/mol. The van der Waals surface area contributed by atoms with Gasteiger partial charge in [-0.3, -0.25) is 4.72 Å². The summed E-state index contributed by atoms with van der Waals surface area (Å²) in [5.41, 5.74) is 1.33. The van der Waals surface area contributed by atoms with Gasteiger partial charge in [0, 0.05) is 10.4 Å². The molecular weight excluding hydrogens is 397 g/mol. The second-order valence-electron chi connectivity index (χ2n) is 4.31. The first kappa shape index (κ1) is 16.6. The van der Waals surface area contributed by atoms with E-state index >= 15 is 0 Å². The molecule has 0 saturated heterocycles. The number of anilines is 1. The first-order valence-corrected chi connectivity index (χ1v) is 9.24. The number of sulfonamides is 1. The van der Waals surface area contributed by atoms with Gasteiger partial charge < -0.3 is 0 Å². The van der Waals surface area contributed by atoms with Gasteiger partial charge in [0.05, 0.1) is 15.6 Å². The van der Waals surface area contributed by atoms with Crippen LogP contribution in [-0.4, -0.2) is 14.3 Å². The third kappa shape index (κ3) is 4.36. The minimum atomic E-state index is -3.66. The van der Waals surface area contributed by atoms with Gasteiger partial charge in [0.15, 0.2) is 0 Å². The van der Waals surface area contributed by atoms with Gasteiger partial charge in [-0.2, -0.15) is 0 Å². The van der Waals surface area contributed by atoms with Crippen molar-refractivity contribution in [2.24, 2.45) is 0 Å². The van der Waals surface area contributed by atoms with Crippen LogP contribution >= 0.6 is 39.1 Å². The molecular formula is C14H12BrCl2NO2S. The van der Waals surface area contributed by atoms with E-state index in [-0.39, 0.29) is 4.90 Å². The standard InChI is InChI=1S/C14H12BrCl2NO2S/c15-11-3-6-14(13(17)9-11)18-21(19,20)12-4-1-10(2-5-12)7-8-16/h1-6,9,18H,7-8H2. The summed E-state index contributed by atoms with van der Waals surface area (Å²) < 4.78 is 27.9. The Hall–Kier alpha value is -0.750. The highest BCUT2D eigenvalue weighted by Crippen LogP contribution is 2.27. The molecule has 7 heteroatoms. The molecule has 0 bridgehead atoms. The highest BCUT2D eigenvalue weighted by molar-refractivity contribution is 9.10. The van der Waals surface area contributed by atoms with Crippen molar-refractivity contribution >= 4 is 54.8 Å². The van der Waals surface area contributed by atoms with Crippen molar-refractivity contribution in [2.45, 2.75) is 11.3 Å². The van der Waals surface area contributed by atoms with Crippen LogP contribution in [0.3, 0.4) is 0 Å². The lowest BCUT2D eigenvalue weighted by molar-refractivity contribution is 0.601. The first-order valence-electron chi connectivity index (χ1n) is 6.05. The molecule has 0 atom stereocenters. The van der Waals surface area contributed by atoms with Crippen molar-refractivity contribution in [1.29, 1.82) is 0 Å². The second kappa shape index (κ2) is 7.01. The van der Waals surface area contributed by atoms with E-state index in [1.54, 1.807) is 42.5 Å². The van der Waals surface area contributed by atoms with E-state index in [4.69, 9.17) is 23.2 Å². The third-order valence-electron chi connectivity index (χ3n) is 2.79. The molecule has 0 aliphatic carbocycles. The zero-order chi connectivity index (χ0) is 15.5. The minimum absolute atomic E-state index is 0.180. The van der Waals surface area contributed by atoms with Crippen LogP contribution in [0.25, 0.3) is 0 Å². The Morgan fingerprint density at radius 2 is 1.76 bits per heavy atom. The number of benzene rings is 2. The maximum Gasteiger partial charge on any atom is 0.261 e. The summed E-state index contributed by atoms with van der Waals surface area (Å²) in [6, 6.07) is 11.6. The molecule has 112 valence electrons. The predicted octanol–water partition coefficient (Wildman–Crippen LogP) is 4.68. The maximum atomic E-state index is 12.3. The number of hydrogen-bond donors (Lipinski definition) is 1.